The Morgan fingerprint density at radius 3 is 1.53 bits per heavy atom. The van der Waals surface area contributed by atoms with Gasteiger partial charge < -0.3 is 10.4 Å². The molecule has 0 aliphatic rings. The van der Waals surface area contributed by atoms with Crippen LogP contribution < -0.4 is 5.32 Å². The van der Waals surface area contributed by atoms with Crippen molar-refractivity contribution in [2.24, 2.45) is 0 Å². The number of carbonyl (C=O) groups excluding carboxylic acids is 1. The number of carbonyl (C=O) groups is 2. The van der Waals surface area contributed by atoms with Crippen molar-refractivity contribution in [2.45, 2.75) is 71.1 Å². The zero-order valence-electron chi connectivity index (χ0n) is 18.5. The number of aliphatic carboxylic acids is 1. The molecule has 0 aliphatic carbocycles. The molecule has 0 spiro atoms. The van der Waals surface area contributed by atoms with Gasteiger partial charge in [-0.05, 0) is 51.4 Å². The second-order valence-electron chi connectivity index (χ2n) is 6.80. The lowest BCUT2D eigenvalue weighted by Gasteiger charge is -2.02. The Balaban J connectivity index is 3.56. The van der Waals surface area contributed by atoms with Crippen molar-refractivity contribution in [1.82, 2.24) is 5.32 Å². The average molecular weight is 414 g/mol. The molecule has 4 nitrogen and oxygen atoms in total. The molecule has 0 saturated carbocycles. The molecule has 0 unspecified atom stereocenters. The number of allylic oxidation sites excluding steroid dienone is 12. The fourth-order valence-electron chi connectivity index (χ4n) is 2.41. The van der Waals surface area contributed by atoms with Crippen LogP contribution in [-0.4, -0.2) is 23.5 Å². The Morgan fingerprint density at radius 1 is 0.667 bits per heavy atom. The molecule has 0 saturated heterocycles. The van der Waals surface area contributed by atoms with Crippen LogP contribution in [0.25, 0.3) is 0 Å². The van der Waals surface area contributed by atoms with Crippen molar-refractivity contribution in [3.8, 4) is 0 Å². The molecule has 2 N–H and O–H groups in total. The predicted molar refractivity (Wildman–Crippen MR) is 127 cm³/mol. The lowest BCUT2D eigenvalue weighted by Crippen LogP contribution is -2.24. The highest BCUT2D eigenvalue weighted by Crippen LogP contribution is 1.98. The van der Waals surface area contributed by atoms with Crippen LogP contribution in [0.3, 0.4) is 0 Å². The molecule has 0 bridgehead atoms. The van der Waals surface area contributed by atoms with Crippen molar-refractivity contribution in [3.05, 3.63) is 72.9 Å². The second-order valence-corrected chi connectivity index (χ2v) is 6.80. The van der Waals surface area contributed by atoms with E-state index in [0.717, 1.165) is 38.5 Å². The Hall–Kier alpha value is -2.62. The highest BCUT2D eigenvalue weighted by molar-refractivity contribution is 5.76. The zero-order valence-corrected chi connectivity index (χ0v) is 18.5. The number of amides is 1. The van der Waals surface area contributed by atoms with Crippen LogP contribution in [0, 0.1) is 0 Å². The molecule has 0 atom stereocenters. The molecule has 0 aromatic rings. The third kappa shape index (κ3) is 23.4. The molecule has 0 aliphatic heterocycles. The first-order chi connectivity index (χ1) is 14.7. The molecular formula is C26H39NO3. The van der Waals surface area contributed by atoms with E-state index in [2.05, 4.69) is 79.1 Å². The monoisotopic (exact) mass is 413 g/mol. The smallest absolute Gasteiger partial charge is 0.303 e. The van der Waals surface area contributed by atoms with E-state index in [1.165, 1.54) is 0 Å². The van der Waals surface area contributed by atoms with Crippen LogP contribution in [0.2, 0.25) is 0 Å². The first-order valence-electron chi connectivity index (χ1n) is 11.0. The van der Waals surface area contributed by atoms with E-state index in [9.17, 15) is 9.59 Å². The average Bonchev–Trinajstić information content (AvgIpc) is 2.72. The van der Waals surface area contributed by atoms with Gasteiger partial charge in [-0.1, -0.05) is 79.8 Å². The van der Waals surface area contributed by atoms with Gasteiger partial charge in [0.1, 0.15) is 0 Å². The van der Waals surface area contributed by atoms with Gasteiger partial charge in [-0.2, -0.15) is 0 Å². The van der Waals surface area contributed by atoms with Gasteiger partial charge in [-0.15, -0.1) is 0 Å². The molecule has 0 aromatic carbocycles. The Kier molecular flexibility index (Phi) is 20.7. The van der Waals surface area contributed by atoms with E-state index in [-0.39, 0.29) is 12.3 Å². The van der Waals surface area contributed by atoms with Crippen molar-refractivity contribution < 1.29 is 14.7 Å². The summed E-state index contributed by atoms with van der Waals surface area (Å²) in [6, 6.07) is 0. The molecule has 0 aromatic heterocycles. The van der Waals surface area contributed by atoms with Crippen molar-refractivity contribution in [2.75, 3.05) is 6.54 Å². The molecule has 1 amide bonds. The summed E-state index contributed by atoms with van der Waals surface area (Å²) in [7, 11) is 0. The van der Waals surface area contributed by atoms with E-state index < -0.39 is 5.97 Å². The molecule has 0 rings (SSSR count). The van der Waals surface area contributed by atoms with Gasteiger partial charge in [0.15, 0.2) is 0 Å². The lowest BCUT2D eigenvalue weighted by molar-refractivity contribution is -0.137. The maximum absolute atomic E-state index is 11.5. The highest BCUT2D eigenvalue weighted by atomic mass is 16.4. The van der Waals surface area contributed by atoms with E-state index in [0.29, 0.717) is 25.8 Å². The Morgan fingerprint density at radius 2 is 1.10 bits per heavy atom. The largest absolute Gasteiger partial charge is 0.481 e. The van der Waals surface area contributed by atoms with E-state index in [1.807, 2.05) is 6.08 Å². The minimum atomic E-state index is -0.831. The lowest BCUT2D eigenvalue weighted by atomic mass is 10.2. The third-order valence-electron chi connectivity index (χ3n) is 4.02. The summed E-state index contributed by atoms with van der Waals surface area (Å²) in [5.41, 5.74) is 0. The summed E-state index contributed by atoms with van der Waals surface area (Å²) < 4.78 is 0. The SMILES string of the molecule is CC/C=C\C/C=C\C/C=C\C/C=C\C/C=C\C/C=C/CCC(=O)NCCCC(=O)O. The van der Waals surface area contributed by atoms with Crippen LogP contribution in [0.1, 0.15) is 71.1 Å². The fourth-order valence-corrected chi connectivity index (χ4v) is 2.41. The summed E-state index contributed by atoms with van der Waals surface area (Å²) in [6.07, 6.45) is 33.5. The number of rotatable bonds is 18. The van der Waals surface area contributed by atoms with Gasteiger partial charge in [-0.3, -0.25) is 9.59 Å². The zero-order chi connectivity index (χ0) is 22.1. The predicted octanol–water partition coefficient (Wildman–Crippen LogP) is 6.45. The summed E-state index contributed by atoms with van der Waals surface area (Å²) in [5, 5.41) is 11.2. The minimum Gasteiger partial charge on any atom is -0.481 e. The maximum Gasteiger partial charge on any atom is 0.303 e. The Labute approximate surface area is 182 Å². The van der Waals surface area contributed by atoms with Crippen LogP contribution >= 0.6 is 0 Å². The molecule has 0 radical (unpaired) electrons. The van der Waals surface area contributed by atoms with Crippen LogP contribution in [-0.2, 0) is 9.59 Å². The summed E-state index contributed by atoms with van der Waals surface area (Å²) in [4.78, 5) is 21.9. The number of nitrogens with one attached hydrogen (secondary N) is 1. The molecule has 166 valence electrons. The fraction of sp³-hybridized carbons (Fsp3) is 0.462. The van der Waals surface area contributed by atoms with E-state index >= 15 is 0 Å². The van der Waals surface area contributed by atoms with Crippen molar-refractivity contribution in [3.63, 3.8) is 0 Å². The number of carboxylic acid groups (broad SMARTS) is 1. The van der Waals surface area contributed by atoms with Crippen molar-refractivity contribution >= 4 is 11.9 Å². The van der Waals surface area contributed by atoms with Gasteiger partial charge in [0, 0.05) is 19.4 Å². The molecule has 0 fully saturated rings. The molecule has 0 heterocycles. The number of carboxylic acids is 1. The van der Waals surface area contributed by atoms with Crippen LogP contribution in [0.5, 0.6) is 0 Å². The van der Waals surface area contributed by atoms with Gasteiger partial charge in [-0.25, -0.2) is 0 Å². The van der Waals surface area contributed by atoms with E-state index in [1.54, 1.807) is 0 Å². The second kappa shape index (κ2) is 22.7. The minimum absolute atomic E-state index is 0.0279. The van der Waals surface area contributed by atoms with Gasteiger partial charge in [0.25, 0.3) is 0 Å². The van der Waals surface area contributed by atoms with Crippen molar-refractivity contribution in [1.29, 1.82) is 0 Å². The summed E-state index contributed by atoms with van der Waals surface area (Å²) >= 11 is 0. The number of hydrogen-bond acceptors (Lipinski definition) is 2. The van der Waals surface area contributed by atoms with Gasteiger partial charge >= 0.3 is 5.97 Å². The van der Waals surface area contributed by atoms with Gasteiger partial charge in [0.2, 0.25) is 5.91 Å². The normalized spacial score (nSPS) is 12.6. The quantitative estimate of drug-likeness (QED) is 0.200. The first kappa shape index (κ1) is 27.4. The van der Waals surface area contributed by atoms with Gasteiger partial charge in [0.05, 0.1) is 0 Å². The molecular weight excluding hydrogens is 374 g/mol. The summed E-state index contributed by atoms with van der Waals surface area (Å²) in [5.74, 6) is -0.859. The van der Waals surface area contributed by atoms with E-state index in [4.69, 9.17) is 5.11 Å². The Bertz CT molecular complexity index is 610. The third-order valence-corrected chi connectivity index (χ3v) is 4.02. The molecule has 4 heteroatoms. The topological polar surface area (TPSA) is 66.4 Å². The first-order valence-corrected chi connectivity index (χ1v) is 11.0. The van der Waals surface area contributed by atoms with Crippen LogP contribution in [0.4, 0.5) is 0 Å². The number of hydrogen-bond donors (Lipinski definition) is 2. The standard InChI is InChI=1S/C26H39NO3/c1-2-3-4-5-6-7-8-9-10-11-12-13-14-15-16-17-18-19-20-22-25(28)27-24-21-23-26(29)30/h3-4,6-7,9-10,12-13,15-16,18-19H,2,5,8,11,14,17,20-24H2,1H3,(H,27,28)(H,29,30)/b4-3-,7-6-,10-9-,13-12-,16-15-,19-18+. The molecule has 30 heavy (non-hydrogen) atoms. The summed E-state index contributed by atoms with van der Waals surface area (Å²) in [6.45, 7) is 2.57. The maximum atomic E-state index is 11.5. The van der Waals surface area contributed by atoms with Crippen LogP contribution in [0.15, 0.2) is 72.9 Å². The highest BCUT2D eigenvalue weighted by Gasteiger charge is 2.00.